The van der Waals surface area contributed by atoms with Gasteiger partial charge in [0.1, 0.15) is 11.7 Å². The van der Waals surface area contributed by atoms with E-state index in [1.54, 1.807) is 7.11 Å². The summed E-state index contributed by atoms with van der Waals surface area (Å²) in [6.07, 6.45) is 2.48. The fraction of sp³-hybridized carbons (Fsp3) is 0.483. The van der Waals surface area contributed by atoms with E-state index in [2.05, 4.69) is 36.1 Å². The van der Waals surface area contributed by atoms with E-state index < -0.39 is 21.3 Å². The van der Waals surface area contributed by atoms with Crippen molar-refractivity contribution < 1.29 is 22.3 Å². The van der Waals surface area contributed by atoms with Gasteiger partial charge in [-0.3, -0.25) is 15.1 Å². The summed E-state index contributed by atoms with van der Waals surface area (Å²) in [6.45, 7) is 9.27. The third-order valence-corrected chi connectivity index (χ3v) is 8.20. The molecule has 2 aromatic rings. The van der Waals surface area contributed by atoms with Crippen molar-refractivity contribution in [2.24, 2.45) is 15.9 Å². The molecule has 1 saturated heterocycles. The Morgan fingerprint density at radius 3 is 2.42 bits per heavy atom. The van der Waals surface area contributed by atoms with Gasteiger partial charge in [0.15, 0.2) is 9.84 Å². The maximum Gasteiger partial charge on any atom is 0.258 e. The zero-order chi connectivity index (χ0) is 29.7. The average molecular weight is 574 g/mol. The van der Waals surface area contributed by atoms with Gasteiger partial charge < -0.3 is 4.74 Å². The number of sulfone groups is 1. The SMILES string of the molecule is CCCN1N(C)C(=NC(=NC(C)COC)NC(=O)c2cccc(S(C)(=O)=O)c2)CC1(c1ccc(F)cc1)C(C)C. The first-order valence-corrected chi connectivity index (χ1v) is 15.3. The van der Waals surface area contributed by atoms with E-state index in [1.165, 1.54) is 36.4 Å². The monoisotopic (exact) mass is 573 g/mol. The van der Waals surface area contributed by atoms with E-state index in [9.17, 15) is 17.6 Å². The molecule has 1 amide bonds. The van der Waals surface area contributed by atoms with Crippen molar-refractivity contribution in [1.29, 1.82) is 0 Å². The molecule has 0 bridgehead atoms. The first-order valence-electron chi connectivity index (χ1n) is 13.4. The molecule has 1 fully saturated rings. The second-order valence-corrected chi connectivity index (χ2v) is 12.5. The highest BCUT2D eigenvalue weighted by atomic mass is 32.2. The fourth-order valence-electron chi connectivity index (χ4n) is 5.09. The molecule has 1 heterocycles. The smallest absolute Gasteiger partial charge is 0.258 e. The minimum atomic E-state index is -3.49. The Labute approximate surface area is 237 Å². The summed E-state index contributed by atoms with van der Waals surface area (Å²) in [5, 5.41) is 7.01. The molecule has 218 valence electrons. The Kier molecular flexibility index (Phi) is 10.2. The number of ether oxygens (including phenoxy) is 1. The Balaban J connectivity index is 2.06. The molecule has 2 aromatic carbocycles. The highest BCUT2D eigenvalue weighted by molar-refractivity contribution is 7.90. The number of amides is 1. The zero-order valence-corrected chi connectivity index (χ0v) is 25.1. The van der Waals surface area contributed by atoms with E-state index >= 15 is 0 Å². The summed E-state index contributed by atoms with van der Waals surface area (Å²) in [7, 11) is 0.00423. The summed E-state index contributed by atoms with van der Waals surface area (Å²) in [5.41, 5.74) is 0.654. The lowest BCUT2D eigenvalue weighted by Crippen LogP contribution is -2.50. The Hall–Kier alpha value is -3.15. The molecule has 0 spiro atoms. The highest BCUT2D eigenvalue weighted by Crippen LogP contribution is 2.45. The van der Waals surface area contributed by atoms with Crippen LogP contribution >= 0.6 is 0 Å². The van der Waals surface area contributed by atoms with E-state index in [4.69, 9.17) is 9.73 Å². The van der Waals surface area contributed by atoms with Crippen LogP contribution in [0.1, 0.15) is 56.5 Å². The van der Waals surface area contributed by atoms with Crippen LogP contribution in [-0.4, -0.2) is 75.7 Å². The predicted octanol–water partition coefficient (Wildman–Crippen LogP) is 4.26. The van der Waals surface area contributed by atoms with E-state index in [0.717, 1.165) is 24.8 Å². The Morgan fingerprint density at radius 2 is 1.85 bits per heavy atom. The number of nitrogens with one attached hydrogen (secondary N) is 1. The standard InChI is InChI=1S/C29H40FN5O4S/c1-8-16-35-29(20(2)3,23-12-14-24(30)15-13-23)18-26(34(35)5)32-28(31-21(4)19-39-6)33-27(36)22-10-9-11-25(17-22)40(7,37)38/h9-15,17,20-21H,8,16,18-19H2,1-7H3,(H,31,33,36). The number of amidine groups is 1. The minimum Gasteiger partial charge on any atom is -0.382 e. The zero-order valence-electron chi connectivity index (χ0n) is 24.3. The molecule has 3 rings (SSSR count). The summed E-state index contributed by atoms with van der Waals surface area (Å²) in [6, 6.07) is 12.1. The molecule has 1 aliphatic rings. The maximum absolute atomic E-state index is 13.9. The van der Waals surface area contributed by atoms with Crippen LogP contribution in [0.25, 0.3) is 0 Å². The van der Waals surface area contributed by atoms with Gasteiger partial charge in [-0.1, -0.05) is 39.0 Å². The van der Waals surface area contributed by atoms with Gasteiger partial charge in [0, 0.05) is 38.9 Å². The number of carbonyl (C=O) groups is 1. The summed E-state index contributed by atoms with van der Waals surface area (Å²) < 4.78 is 43.1. The topological polar surface area (TPSA) is 104 Å². The number of guanidine groups is 1. The number of halogens is 1. The molecule has 1 aliphatic heterocycles. The lowest BCUT2D eigenvalue weighted by molar-refractivity contribution is -0.0411. The van der Waals surface area contributed by atoms with Gasteiger partial charge in [-0.05, 0) is 55.2 Å². The number of benzene rings is 2. The Bertz CT molecular complexity index is 1360. The quantitative estimate of drug-likeness (QED) is 0.355. The third kappa shape index (κ3) is 6.94. The Morgan fingerprint density at radius 1 is 1.18 bits per heavy atom. The molecule has 2 atom stereocenters. The van der Waals surface area contributed by atoms with Crippen LogP contribution < -0.4 is 5.32 Å². The molecular weight excluding hydrogens is 533 g/mol. The van der Waals surface area contributed by atoms with Crippen molar-refractivity contribution in [2.45, 2.75) is 57.0 Å². The van der Waals surface area contributed by atoms with Crippen LogP contribution in [0, 0.1) is 11.7 Å². The van der Waals surface area contributed by atoms with Crippen molar-refractivity contribution in [3.63, 3.8) is 0 Å². The molecule has 11 heteroatoms. The lowest BCUT2D eigenvalue weighted by atomic mass is 9.77. The third-order valence-electron chi connectivity index (χ3n) is 7.09. The molecular formula is C29H40FN5O4S. The van der Waals surface area contributed by atoms with Crippen LogP contribution in [0.15, 0.2) is 63.4 Å². The number of aliphatic imine (C=N–C) groups is 2. The van der Waals surface area contributed by atoms with Crippen LogP contribution in [0.3, 0.4) is 0 Å². The predicted molar refractivity (Wildman–Crippen MR) is 156 cm³/mol. The number of rotatable bonds is 9. The van der Waals surface area contributed by atoms with Gasteiger partial charge in [-0.15, -0.1) is 0 Å². The van der Waals surface area contributed by atoms with Crippen LogP contribution in [0.4, 0.5) is 4.39 Å². The number of methoxy groups -OCH3 is 1. The van der Waals surface area contributed by atoms with E-state index in [1.807, 2.05) is 31.1 Å². The summed E-state index contributed by atoms with van der Waals surface area (Å²) in [5.74, 6) is 0.0872. The number of hydrazine groups is 1. The second kappa shape index (κ2) is 13.0. The molecule has 9 nitrogen and oxygen atoms in total. The minimum absolute atomic E-state index is 0.0458. The molecule has 1 N–H and O–H groups in total. The van der Waals surface area contributed by atoms with Crippen molar-refractivity contribution in [1.82, 2.24) is 15.3 Å². The van der Waals surface area contributed by atoms with Crippen molar-refractivity contribution >= 4 is 27.5 Å². The van der Waals surface area contributed by atoms with Crippen LogP contribution in [0.5, 0.6) is 0 Å². The molecule has 0 saturated carbocycles. The first kappa shape index (κ1) is 31.4. The van der Waals surface area contributed by atoms with Gasteiger partial charge >= 0.3 is 0 Å². The molecule has 2 unspecified atom stereocenters. The van der Waals surface area contributed by atoms with Gasteiger partial charge in [0.2, 0.25) is 5.96 Å². The lowest BCUT2D eigenvalue weighted by Gasteiger charge is -2.43. The summed E-state index contributed by atoms with van der Waals surface area (Å²) in [4.78, 5) is 22.7. The van der Waals surface area contributed by atoms with Crippen LogP contribution in [-0.2, 0) is 20.1 Å². The average Bonchev–Trinajstić information content (AvgIpc) is 3.16. The van der Waals surface area contributed by atoms with E-state index in [-0.39, 0.29) is 34.2 Å². The van der Waals surface area contributed by atoms with Crippen molar-refractivity contribution in [2.75, 3.05) is 33.6 Å². The molecule has 0 aromatic heterocycles. The maximum atomic E-state index is 13.9. The first-order chi connectivity index (χ1) is 18.8. The molecule has 0 aliphatic carbocycles. The van der Waals surface area contributed by atoms with Crippen LogP contribution in [0.2, 0.25) is 0 Å². The van der Waals surface area contributed by atoms with Crippen molar-refractivity contribution in [3.8, 4) is 0 Å². The van der Waals surface area contributed by atoms with Gasteiger partial charge in [0.25, 0.3) is 5.91 Å². The summed E-state index contributed by atoms with van der Waals surface area (Å²) >= 11 is 0. The number of hydrogen-bond acceptors (Lipinski definition) is 6. The fourth-order valence-corrected chi connectivity index (χ4v) is 5.76. The normalized spacial score (nSPS) is 20.4. The number of nitrogens with zero attached hydrogens (tertiary/aromatic N) is 4. The largest absolute Gasteiger partial charge is 0.382 e. The second-order valence-electron chi connectivity index (χ2n) is 10.4. The van der Waals surface area contributed by atoms with Gasteiger partial charge in [-0.2, -0.15) is 4.99 Å². The van der Waals surface area contributed by atoms with Gasteiger partial charge in [-0.25, -0.2) is 22.8 Å². The van der Waals surface area contributed by atoms with E-state index in [0.29, 0.717) is 18.9 Å². The molecule has 0 radical (unpaired) electrons. The number of hydrogen-bond donors (Lipinski definition) is 1. The van der Waals surface area contributed by atoms with Gasteiger partial charge in [0.05, 0.1) is 23.1 Å². The molecule has 40 heavy (non-hydrogen) atoms. The van der Waals surface area contributed by atoms with Crippen molar-refractivity contribution in [3.05, 3.63) is 65.5 Å². The highest BCUT2D eigenvalue weighted by Gasteiger charge is 2.50. The number of carbonyl (C=O) groups excluding carboxylic acids is 1.